The summed E-state index contributed by atoms with van der Waals surface area (Å²) in [4.78, 5) is 18.0. The number of aromatic nitrogens is 4. The highest BCUT2D eigenvalue weighted by Crippen LogP contribution is 2.23. The molecule has 0 atom stereocenters. The third kappa shape index (κ3) is 3.41. The standard InChI is InChI=1S/C18H22N6O/c25-10-14-5-7-24(8-6-14)15-3-1-13(2-4-15)9-19-17-16-18(21-11-20-16)23-12-22-17/h1-4,11-12,14,25H,5-10H2,(H2,19,20,21,22,23). The van der Waals surface area contributed by atoms with Crippen LogP contribution in [-0.4, -0.2) is 44.7 Å². The number of nitrogens with zero attached hydrogens (tertiary/aromatic N) is 4. The highest BCUT2D eigenvalue weighted by Gasteiger charge is 2.18. The number of benzene rings is 1. The second-order valence-corrected chi connectivity index (χ2v) is 6.46. The lowest BCUT2D eigenvalue weighted by atomic mass is 9.97. The second kappa shape index (κ2) is 7.06. The zero-order valence-corrected chi connectivity index (χ0v) is 14.0. The Kier molecular flexibility index (Phi) is 4.47. The van der Waals surface area contributed by atoms with Gasteiger partial charge in [0.1, 0.15) is 11.8 Å². The predicted octanol–water partition coefficient (Wildman–Crippen LogP) is 2.17. The summed E-state index contributed by atoms with van der Waals surface area (Å²) in [6.45, 7) is 3.03. The molecule has 7 heteroatoms. The van der Waals surface area contributed by atoms with Crippen LogP contribution in [0.25, 0.3) is 11.2 Å². The number of nitrogens with one attached hydrogen (secondary N) is 2. The minimum atomic E-state index is 0.311. The number of H-pyrrole nitrogens is 1. The first-order valence-electron chi connectivity index (χ1n) is 8.66. The fourth-order valence-corrected chi connectivity index (χ4v) is 3.28. The van der Waals surface area contributed by atoms with Gasteiger partial charge in [-0.3, -0.25) is 0 Å². The normalized spacial score (nSPS) is 15.6. The maximum absolute atomic E-state index is 9.25. The van der Waals surface area contributed by atoms with Crippen molar-refractivity contribution in [3.05, 3.63) is 42.5 Å². The van der Waals surface area contributed by atoms with Gasteiger partial charge < -0.3 is 20.3 Å². The van der Waals surface area contributed by atoms with Gasteiger partial charge in [-0.25, -0.2) is 15.0 Å². The number of rotatable bonds is 5. The molecule has 1 aromatic carbocycles. The molecule has 1 aliphatic heterocycles. The largest absolute Gasteiger partial charge is 0.396 e. The molecule has 3 N–H and O–H groups in total. The van der Waals surface area contributed by atoms with Gasteiger partial charge >= 0.3 is 0 Å². The Bertz CT molecular complexity index is 823. The van der Waals surface area contributed by atoms with Crippen LogP contribution >= 0.6 is 0 Å². The molecule has 0 spiro atoms. The number of piperidine rings is 1. The monoisotopic (exact) mass is 338 g/mol. The SMILES string of the molecule is OCC1CCN(c2ccc(CNc3ncnc4nc[nH]c34)cc2)CC1. The number of aliphatic hydroxyl groups is 1. The van der Waals surface area contributed by atoms with Gasteiger partial charge in [-0.15, -0.1) is 0 Å². The Morgan fingerprint density at radius 3 is 2.68 bits per heavy atom. The van der Waals surface area contributed by atoms with E-state index in [4.69, 9.17) is 0 Å². The first kappa shape index (κ1) is 15.8. The minimum absolute atomic E-state index is 0.311. The number of hydrogen-bond acceptors (Lipinski definition) is 6. The van der Waals surface area contributed by atoms with E-state index in [0.717, 1.165) is 37.3 Å². The molecule has 1 saturated heterocycles. The van der Waals surface area contributed by atoms with E-state index < -0.39 is 0 Å². The molecule has 2 aromatic heterocycles. The van der Waals surface area contributed by atoms with Crippen LogP contribution < -0.4 is 10.2 Å². The lowest BCUT2D eigenvalue weighted by molar-refractivity contribution is 0.203. The van der Waals surface area contributed by atoms with Crippen LogP contribution in [0.5, 0.6) is 0 Å². The number of anilines is 2. The van der Waals surface area contributed by atoms with Crippen molar-refractivity contribution in [2.75, 3.05) is 29.9 Å². The summed E-state index contributed by atoms with van der Waals surface area (Å²) in [6.07, 6.45) is 5.27. The first-order valence-corrected chi connectivity index (χ1v) is 8.66. The van der Waals surface area contributed by atoms with E-state index >= 15 is 0 Å². The van der Waals surface area contributed by atoms with Crippen molar-refractivity contribution >= 4 is 22.7 Å². The molecule has 4 rings (SSSR count). The van der Waals surface area contributed by atoms with Gasteiger partial charge in [0.05, 0.1) is 6.33 Å². The molecule has 7 nitrogen and oxygen atoms in total. The van der Waals surface area contributed by atoms with E-state index in [2.05, 4.69) is 54.4 Å². The average molecular weight is 338 g/mol. The van der Waals surface area contributed by atoms with Crippen LogP contribution in [0.15, 0.2) is 36.9 Å². The second-order valence-electron chi connectivity index (χ2n) is 6.46. The molecule has 1 fully saturated rings. The molecule has 1 aliphatic rings. The number of imidazole rings is 1. The molecular weight excluding hydrogens is 316 g/mol. The van der Waals surface area contributed by atoms with Gasteiger partial charge in [0.25, 0.3) is 0 Å². The van der Waals surface area contributed by atoms with Crippen LogP contribution in [0, 0.1) is 5.92 Å². The molecule has 25 heavy (non-hydrogen) atoms. The quantitative estimate of drug-likeness (QED) is 0.661. The molecule has 0 aliphatic carbocycles. The van der Waals surface area contributed by atoms with Crippen molar-refractivity contribution in [3.63, 3.8) is 0 Å². The van der Waals surface area contributed by atoms with Crippen LogP contribution in [0.1, 0.15) is 18.4 Å². The molecule has 0 unspecified atom stereocenters. The zero-order chi connectivity index (χ0) is 17.1. The van der Waals surface area contributed by atoms with E-state index in [0.29, 0.717) is 24.7 Å². The van der Waals surface area contributed by atoms with Crippen molar-refractivity contribution in [2.24, 2.45) is 5.92 Å². The highest BCUT2D eigenvalue weighted by atomic mass is 16.3. The maximum atomic E-state index is 9.25. The van der Waals surface area contributed by atoms with Crippen LogP contribution in [0.2, 0.25) is 0 Å². The van der Waals surface area contributed by atoms with E-state index in [1.54, 1.807) is 6.33 Å². The lowest BCUT2D eigenvalue weighted by Gasteiger charge is -2.33. The number of aromatic amines is 1. The van der Waals surface area contributed by atoms with Crippen LogP contribution in [0.4, 0.5) is 11.5 Å². The first-order chi connectivity index (χ1) is 12.3. The molecule has 3 aromatic rings. The summed E-state index contributed by atoms with van der Waals surface area (Å²) in [5.74, 6) is 1.23. The van der Waals surface area contributed by atoms with Gasteiger partial charge in [-0.05, 0) is 36.5 Å². The number of aliphatic hydroxyl groups excluding tert-OH is 1. The fourth-order valence-electron chi connectivity index (χ4n) is 3.28. The van der Waals surface area contributed by atoms with Gasteiger partial charge in [-0.2, -0.15) is 0 Å². The molecule has 0 saturated carbocycles. The van der Waals surface area contributed by atoms with Crippen molar-refractivity contribution < 1.29 is 5.11 Å². The summed E-state index contributed by atoms with van der Waals surface area (Å²) < 4.78 is 0. The van der Waals surface area contributed by atoms with E-state index in [1.165, 1.54) is 17.6 Å². The summed E-state index contributed by atoms with van der Waals surface area (Å²) in [5.41, 5.74) is 3.93. The van der Waals surface area contributed by atoms with Gasteiger partial charge in [0.15, 0.2) is 11.5 Å². The van der Waals surface area contributed by atoms with E-state index in [9.17, 15) is 5.11 Å². The van der Waals surface area contributed by atoms with E-state index in [1.807, 2.05) is 0 Å². The zero-order valence-electron chi connectivity index (χ0n) is 14.0. The van der Waals surface area contributed by atoms with Gasteiger partial charge in [0.2, 0.25) is 0 Å². The average Bonchev–Trinajstić information content (AvgIpc) is 3.16. The maximum Gasteiger partial charge on any atom is 0.182 e. The van der Waals surface area contributed by atoms with Gasteiger partial charge in [0, 0.05) is 31.9 Å². The third-order valence-corrected chi connectivity index (χ3v) is 4.86. The van der Waals surface area contributed by atoms with Crippen molar-refractivity contribution in [2.45, 2.75) is 19.4 Å². The molecule has 0 bridgehead atoms. The topological polar surface area (TPSA) is 90.0 Å². The fraction of sp³-hybridized carbons (Fsp3) is 0.389. The van der Waals surface area contributed by atoms with Crippen molar-refractivity contribution in [3.8, 4) is 0 Å². The summed E-state index contributed by atoms with van der Waals surface area (Å²) in [6, 6.07) is 8.63. The molecular formula is C18H22N6O. The smallest absolute Gasteiger partial charge is 0.182 e. The molecule has 0 radical (unpaired) electrons. The lowest BCUT2D eigenvalue weighted by Crippen LogP contribution is -2.34. The Morgan fingerprint density at radius 1 is 1.12 bits per heavy atom. The third-order valence-electron chi connectivity index (χ3n) is 4.86. The minimum Gasteiger partial charge on any atom is -0.396 e. The Morgan fingerprint density at radius 2 is 1.92 bits per heavy atom. The molecule has 0 amide bonds. The molecule has 130 valence electrons. The summed E-state index contributed by atoms with van der Waals surface area (Å²) in [7, 11) is 0. The summed E-state index contributed by atoms with van der Waals surface area (Å²) in [5, 5.41) is 12.6. The molecule has 3 heterocycles. The highest BCUT2D eigenvalue weighted by molar-refractivity contribution is 5.81. The Balaban J connectivity index is 1.38. The van der Waals surface area contributed by atoms with Crippen LogP contribution in [-0.2, 0) is 6.54 Å². The van der Waals surface area contributed by atoms with E-state index in [-0.39, 0.29) is 0 Å². The van der Waals surface area contributed by atoms with Crippen LogP contribution in [0.3, 0.4) is 0 Å². The Labute approximate surface area is 146 Å². The predicted molar refractivity (Wildman–Crippen MR) is 97.5 cm³/mol. The van der Waals surface area contributed by atoms with Crippen molar-refractivity contribution in [1.82, 2.24) is 19.9 Å². The Hall–Kier alpha value is -2.67. The summed E-state index contributed by atoms with van der Waals surface area (Å²) >= 11 is 0. The van der Waals surface area contributed by atoms with Gasteiger partial charge in [-0.1, -0.05) is 12.1 Å². The number of fused-ring (bicyclic) bond motifs is 1. The number of hydrogen-bond donors (Lipinski definition) is 3. The van der Waals surface area contributed by atoms with Crippen molar-refractivity contribution in [1.29, 1.82) is 0 Å².